The molecule has 3 unspecified atom stereocenters. The molecule has 0 amide bonds. The van der Waals surface area contributed by atoms with E-state index >= 15 is 0 Å². The zero-order valence-corrected chi connectivity index (χ0v) is 11.7. The lowest BCUT2D eigenvalue weighted by Crippen LogP contribution is -2.41. The van der Waals surface area contributed by atoms with E-state index in [1.165, 1.54) is 0 Å². The molecule has 21 heavy (non-hydrogen) atoms. The third kappa shape index (κ3) is 2.84. The Labute approximate surface area is 124 Å². The summed E-state index contributed by atoms with van der Waals surface area (Å²) in [5, 5.41) is 8.56. The zero-order valence-electron chi connectivity index (χ0n) is 11.7. The summed E-state index contributed by atoms with van der Waals surface area (Å²) in [5.41, 5.74) is 1.57. The quantitative estimate of drug-likeness (QED) is 0.855. The third-order valence-electron chi connectivity index (χ3n) is 4.17. The first-order valence-electron chi connectivity index (χ1n) is 7.23. The number of ketones is 1. The molecule has 1 aromatic carbocycles. The second-order valence-corrected chi connectivity index (χ2v) is 5.45. The second kappa shape index (κ2) is 6.11. The fourth-order valence-electron chi connectivity index (χ4n) is 3.09. The Kier molecular flexibility index (Phi) is 4.03. The van der Waals surface area contributed by atoms with Crippen LogP contribution in [0.4, 0.5) is 0 Å². The number of carbonyl (C=O) groups excluding carboxylic acids is 1. The van der Waals surface area contributed by atoms with Gasteiger partial charge in [0.1, 0.15) is 12.7 Å². The summed E-state index contributed by atoms with van der Waals surface area (Å²) < 4.78 is 11.2. The Morgan fingerprint density at radius 1 is 1.29 bits per heavy atom. The van der Waals surface area contributed by atoms with E-state index in [9.17, 15) is 4.79 Å². The average Bonchev–Trinajstić information content (AvgIpc) is 2.54. The number of carbonyl (C=O) groups is 1. The van der Waals surface area contributed by atoms with Gasteiger partial charge in [-0.05, 0) is 18.4 Å². The predicted octanol–water partition coefficient (Wildman–Crippen LogP) is 2.70. The van der Waals surface area contributed by atoms with E-state index in [0.29, 0.717) is 12.0 Å². The largest absolute Gasteiger partial charge is 0.496 e. The van der Waals surface area contributed by atoms with Crippen LogP contribution in [0.5, 0.6) is 0 Å². The van der Waals surface area contributed by atoms with E-state index in [4.69, 9.17) is 14.7 Å². The van der Waals surface area contributed by atoms with Crippen molar-refractivity contribution in [3.05, 3.63) is 42.2 Å². The van der Waals surface area contributed by atoms with Crippen LogP contribution in [0.2, 0.25) is 0 Å². The molecule has 0 aromatic heterocycles. The van der Waals surface area contributed by atoms with E-state index in [1.54, 1.807) is 6.26 Å². The minimum Gasteiger partial charge on any atom is -0.496 e. The summed E-state index contributed by atoms with van der Waals surface area (Å²) >= 11 is 0. The molecule has 3 rings (SSSR count). The highest BCUT2D eigenvalue weighted by molar-refractivity contribution is 6.22. The second-order valence-electron chi connectivity index (χ2n) is 5.45. The normalized spacial score (nSPS) is 28.0. The lowest BCUT2D eigenvalue weighted by Gasteiger charge is -2.37. The summed E-state index contributed by atoms with van der Waals surface area (Å²) in [4.78, 5) is 12.6. The van der Waals surface area contributed by atoms with Crippen LogP contribution in [0.3, 0.4) is 0 Å². The Hall–Kier alpha value is -2.12. The number of hydrogen-bond acceptors (Lipinski definition) is 4. The predicted molar refractivity (Wildman–Crippen MR) is 77.0 cm³/mol. The molecule has 1 fully saturated rings. The summed E-state index contributed by atoms with van der Waals surface area (Å²) in [7, 11) is 0. The maximum absolute atomic E-state index is 12.6. The van der Waals surface area contributed by atoms with Crippen LogP contribution in [0.1, 0.15) is 24.8 Å². The van der Waals surface area contributed by atoms with E-state index in [0.717, 1.165) is 18.4 Å². The average molecular weight is 283 g/mol. The molecule has 0 radical (unpaired) electrons. The molecule has 0 N–H and O–H groups in total. The maximum atomic E-state index is 12.6. The minimum absolute atomic E-state index is 0.0189. The van der Waals surface area contributed by atoms with E-state index in [-0.39, 0.29) is 30.5 Å². The summed E-state index contributed by atoms with van der Waals surface area (Å²) in [5.74, 6) is 0.0725. The van der Waals surface area contributed by atoms with Crippen molar-refractivity contribution in [3.63, 3.8) is 0 Å². The number of Topliss-reactive ketones (excluding diaryl/α,β-unsaturated/α-hetero) is 1. The van der Waals surface area contributed by atoms with Crippen LogP contribution < -0.4 is 0 Å². The molecule has 0 bridgehead atoms. The van der Waals surface area contributed by atoms with Crippen molar-refractivity contribution in [3.8, 4) is 6.07 Å². The molecule has 0 spiro atoms. The van der Waals surface area contributed by atoms with Crippen LogP contribution in [0.25, 0.3) is 5.57 Å². The maximum Gasteiger partial charge on any atom is 0.173 e. The lowest BCUT2D eigenvalue weighted by molar-refractivity contribution is -0.127. The van der Waals surface area contributed by atoms with Gasteiger partial charge in [0.15, 0.2) is 5.78 Å². The van der Waals surface area contributed by atoms with Gasteiger partial charge in [-0.2, -0.15) is 5.26 Å². The van der Waals surface area contributed by atoms with Gasteiger partial charge in [-0.15, -0.1) is 0 Å². The molecular formula is C17H17NO3. The molecule has 4 nitrogen and oxygen atoms in total. The van der Waals surface area contributed by atoms with Crippen molar-refractivity contribution in [2.45, 2.75) is 31.5 Å². The Morgan fingerprint density at radius 2 is 2.10 bits per heavy atom. The van der Waals surface area contributed by atoms with Gasteiger partial charge in [-0.3, -0.25) is 4.79 Å². The van der Waals surface area contributed by atoms with Gasteiger partial charge in [0.05, 0.1) is 29.9 Å². The first kappa shape index (κ1) is 13.8. The standard InChI is InChI=1S/C17H17NO3/c18-8-9-20-13-6-7-14-16(10-13)21-11-15(17(14)19)12-4-2-1-3-5-12/h1-5,11,13-14,16H,6-7,9-10H2. The Bertz CT molecular complexity index is 588. The van der Waals surface area contributed by atoms with Gasteiger partial charge in [0.25, 0.3) is 0 Å². The van der Waals surface area contributed by atoms with Crippen molar-refractivity contribution in [1.29, 1.82) is 5.26 Å². The van der Waals surface area contributed by atoms with Gasteiger partial charge in [-0.1, -0.05) is 30.3 Å². The van der Waals surface area contributed by atoms with E-state index in [1.807, 2.05) is 36.4 Å². The first-order valence-corrected chi connectivity index (χ1v) is 7.23. The molecule has 3 atom stereocenters. The van der Waals surface area contributed by atoms with Crippen LogP contribution in [-0.2, 0) is 14.3 Å². The zero-order chi connectivity index (χ0) is 14.7. The molecular weight excluding hydrogens is 266 g/mol. The minimum atomic E-state index is -0.123. The highest BCUT2D eigenvalue weighted by Gasteiger charge is 2.40. The van der Waals surface area contributed by atoms with Crippen molar-refractivity contribution < 1.29 is 14.3 Å². The fourth-order valence-corrected chi connectivity index (χ4v) is 3.09. The van der Waals surface area contributed by atoms with Gasteiger partial charge in [0.2, 0.25) is 0 Å². The van der Waals surface area contributed by atoms with Crippen LogP contribution in [-0.4, -0.2) is 24.6 Å². The van der Waals surface area contributed by atoms with Crippen molar-refractivity contribution in [2.75, 3.05) is 6.61 Å². The van der Waals surface area contributed by atoms with Gasteiger partial charge in [-0.25, -0.2) is 0 Å². The van der Waals surface area contributed by atoms with Crippen molar-refractivity contribution in [2.24, 2.45) is 5.92 Å². The van der Waals surface area contributed by atoms with Crippen LogP contribution >= 0.6 is 0 Å². The van der Waals surface area contributed by atoms with Crippen LogP contribution in [0, 0.1) is 17.2 Å². The smallest absolute Gasteiger partial charge is 0.173 e. The number of hydrogen-bond donors (Lipinski definition) is 0. The van der Waals surface area contributed by atoms with E-state index < -0.39 is 0 Å². The third-order valence-corrected chi connectivity index (χ3v) is 4.17. The molecule has 0 saturated heterocycles. The number of rotatable bonds is 3. The number of nitriles is 1. The highest BCUT2D eigenvalue weighted by Crippen LogP contribution is 2.36. The number of nitrogens with zero attached hydrogens (tertiary/aromatic N) is 1. The van der Waals surface area contributed by atoms with Gasteiger partial charge >= 0.3 is 0 Å². The summed E-state index contributed by atoms with van der Waals surface area (Å²) in [6.45, 7) is 0.0983. The molecule has 4 heteroatoms. The molecule has 1 aromatic rings. The first-order chi connectivity index (χ1) is 10.3. The van der Waals surface area contributed by atoms with Crippen molar-refractivity contribution >= 4 is 11.4 Å². The molecule has 1 aliphatic heterocycles. The molecule has 1 heterocycles. The SMILES string of the molecule is N#CCOC1CCC2C(=O)C(c3ccccc3)=COC2C1. The monoisotopic (exact) mass is 283 g/mol. The number of ether oxygens (including phenoxy) is 2. The summed E-state index contributed by atoms with van der Waals surface area (Å²) in [6.07, 6.45) is 3.72. The molecule has 1 aliphatic carbocycles. The van der Waals surface area contributed by atoms with E-state index in [2.05, 4.69) is 0 Å². The fraction of sp³-hybridized carbons (Fsp3) is 0.412. The number of benzene rings is 1. The van der Waals surface area contributed by atoms with Crippen LogP contribution in [0.15, 0.2) is 36.6 Å². The van der Waals surface area contributed by atoms with Gasteiger partial charge in [0, 0.05) is 6.42 Å². The number of allylic oxidation sites excluding steroid dienone is 1. The van der Waals surface area contributed by atoms with Gasteiger partial charge < -0.3 is 9.47 Å². The molecule has 2 aliphatic rings. The number of fused-ring (bicyclic) bond motifs is 1. The van der Waals surface area contributed by atoms with Crippen molar-refractivity contribution in [1.82, 2.24) is 0 Å². The highest BCUT2D eigenvalue weighted by atomic mass is 16.5. The summed E-state index contributed by atoms with van der Waals surface area (Å²) in [6, 6.07) is 11.6. The Balaban J connectivity index is 1.73. The molecule has 108 valence electrons. The Morgan fingerprint density at radius 3 is 2.86 bits per heavy atom. The topological polar surface area (TPSA) is 59.3 Å². The lowest BCUT2D eigenvalue weighted by atomic mass is 9.78. The molecule has 1 saturated carbocycles.